The van der Waals surface area contributed by atoms with Crippen molar-refractivity contribution in [2.45, 2.75) is 32.8 Å². The number of hydrogen-bond donors (Lipinski definition) is 1. The minimum Gasteiger partial charge on any atom is -0.508 e. The van der Waals surface area contributed by atoms with Crippen molar-refractivity contribution < 1.29 is 24.1 Å². The first-order valence-electron chi connectivity index (χ1n) is 10.6. The molecule has 0 aliphatic carbocycles. The first kappa shape index (κ1) is 22.1. The van der Waals surface area contributed by atoms with Crippen LogP contribution in [0, 0.1) is 0 Å². The molecular formula is C24H23N3O6. The molecule has 0 saturated carbocycles. The molecule has 1 aliphatic heterocycles. The smallest absolute Gasteiger partial charge is 0.508 e. The third kappa shape index (κ3) is 4.43. The molecule has 1 aromatic carbocycles. The van der Waals surface area contributed by atoms with Gasteiger partial charge in [-0.05, 0) is 43.7 Å². The van der Waals surface area contributed by atoms with Crippen LogP contribution in [0.25, 0.3) is 5.65 Å². The highest BCUT2D eigenvalue weighted by atomic mass is 16.7. The molecule has 4 rings (SSSR count). The van der Waals surface area contributed by atoms with Gasteiger partial charge in [-0.2, -0.15) is 0 Å². The van der Waals surface area contributed by atoms with Crippen LogP contribution in [0.3, 0.4) is 0 Å². The van der Waals surface area contributed by atoms with E-state index in [0.29, 0.717) is 34.6 Å². The number of ether oxygens (including phenoxy) is 3. The Morgan fingerprint density at radius 2 is 2.00 bits per heavy atom. The predicted octanol–water partition coefficient (Wildman–Crippen LogP) is 3.98. The lowest BCUT2D eigenvalue weighted by molar-refractivity contribution is 0.103. The zero-order valence-electron chi connectivity index (χ0n) is 18.2. The van der Waals surface area contributed by atoms with E-state index in [1.807, 2.05) is 13.0 Å². The Balaban J connectivity index is 1.77. The highest BCUT2D eigenvalue weighted by Crippen LogP contribution is 2.37. The molecule has 33 heavy (non-hydrogen) atoms. The number of phenolic OH excluding ortho intramolecular Hbond substituents is 1. The Labute approximate surface area is 189 Å². The van der Waals surface area contributed by atoms with Crippen molar-refractivity contribution >= 4 is 18.0 Å². The lowest BCUT2D eigenvalue weighted by atomic mass is 10.0. The van der Waals surface area contributed by atoms with Gasteiger partial charge in [-0.25, -0.2) is 9.78 Å². The van der Waals surface area contributed by atoms with Gasteiger partial charge in [-0.15, -0.1) is 0 Å². The number of rotatable bonds is 8. The van der Waals surface area contributed by atoms with Gasteiger partial charge in [0.15, 0.2) is 6.10 Å². The second kappa shape index (κ2) is 9.56. The minimum atomic E-state index is -0.977. The van der Waals surface area contributed by atoms with Crippen molar-refractivity contribution in [3.05, 3.63) is 76.0 Å². The zero-order valence-corrected chi connectivity index (χ0v) is 18.2. The molecule has 0 saturated heterocycles. The molecule has 3 heterocycles. The van der Waals surface area contributed by atoms with E-state index in [4.69, 9.17) is 14.2 Å². The van der Waals surface area contributed by atoms with Gasteiger partial charge in [0.2, 0.25) is 5.75 Å². The van der Waals surface area contributed by atoms with Crippen molar-refractivity contribution in [3.8, 4) is 17.2 Å². The van der Waals surface area contributed by atoms with Crippen LogP contribution < -0.4 is 15.0 Å². The molecule has 1 atom stereocenters. The summed E-state index contributed by atoms with van der Waals surface area (Å²) in [5.74, 6) is 0.434. The summed E-state index contributed by atoms with van der Waals surface area (Å²) in [4.78, 5) is 33.2. The van der Waals surface area contributed by atoms with Gasteiger partial charge < -0.3 is 19.3 Å². The third-order valence-corrected chi connectivity index (χ3v) is 5.06. The van der Waals surface area contributed by atoms with Crippen molar-refractivity contribution in [2.75, 3.05) is 6.61 Å². The number of hydrogen-bond acceptors (Lipinski definition) is 8. The van der Waals surface area contributed by atoms with Crippen LogP contribution in [-0.2, 0) is 11.2 Å². The number of phenols is 1. The van der Waals surface area contributed by atoms with Gasteiger partial charge in [0, 0.05) is 23.5 Å². The molecule has 170 valence electrons. The summed E-state index contributed by atoms with van der Waals surface area (Å²) < 4.78 is 17.3. The Hall–Kier alpha value is -4.14. The third-order valence-electron chi connectivity index (χ3n) is 5.06. The summed E-state index contributed by atoms with van der Waals surface area (Å²) >= 11 is 0. The van der Waals surface area contributed by atoms with Gasteiger partial charge >= 0.3 is 11.7 Å². The number of carbonyl (C=O) groups is 1. The lowest BCUT2D eigenvalue weighted by Crippen LogP contribution is -2.23. The zero-order chi connectivity index (χ0) is 23.4. The number of pyridine rings is 1. The Morgan fingerprint density at radius 1 is 1.18 bits per heavy atom. The van der Waals surface area contributed by atoms with E-state index in [2.05, 4.69) is 9.98 Å². The minimum absolute atomic E-state index is 0.120. The summed E-state index contributed by atoms with van der Waals surface area (Å²) in [6.45, 7) is 3.77. The molecule has 1 N–H and O–H groups in total. The molecule has 2 aromatic heterocycles. The molecule has 9 nitrogen and oxygen atoms in total. The number of aromatic nitrogens is 2. The number of nitrogens with zero attached hydrogens (tertiary/aromatic N) is 3. The van der Waals surface area contributed by atoms with Crippen LogP contribution in [0.4, 0.5) is 4.79 Å². The number of carbonyl (C=O) groups excluding carboxylic acids is 1. The van der Waals surface area contributed by atoms with E-state index in [1.165, 1.54) is 16.8 Å². The predicted molar refractivity (Wildman–Crippen MR) is 121 cm³/mol. The SMILES string of the molecule is CCCc1c(O)cccc1OC(C1=CC=N1)c1cccn2c(=O)c(OC(=O)OCC)cnc12. The van der Waals surface area contributed by atoms with Crippen LogP contribution in [0.5, 0.6) is 17.2 Å². The molecule has 9 heteroatoms. The summed E-state index contributed by atoms with van der Waals surface area (Å²) in [6, 6.07) is 8.59. The summed E-state index contributed by atoms with van der Waals surface area (Å²) in [7, 11) is 0. The molecule has 3 aromatic rings. The highest BCUT2D eigenvalue weighted by molar-refractivity contribution is 5.80. The summed E-state index contributed by atoms with van der Waals surface area (Å²) in [6.07, 6.45) is 5.99. The molecule has 0 spiro atoms. The fourth-order valence-corrected chi connectivity index (χ4v) is 3.51. The standard InChI is InChI=1S/C24H23N3O6/c1-3-7-15-18(28)9-5-10-19(15)32-21(17-11-12-25-17)16-8-6-13-27-22(16)26-14-20(23(27)29)33-24(30)31-4-2/h5-6,8-14,21,28H,3-4,7H2,1-2H3. The highest BCUT2D eigenvalue weighted by Gasteiger charge is 2.26. The van der Waals surface area contributed by atoms with Gasteiger partial charge in [-0.1, -0.05) is 19.4 Å². The van der Waals surface area contributed by atoms with Crippen LogP contribution in [0.1, 0.15) is 37.5 Å². The van der Waals surface area contributed by atoms with E-state index in [-0.39, 0.29) is 18.1 Å². The van der Waals surface area contributed by atoms with Crippen LogP contribution in [0.2, 0.25) is 0 Å². The maximum Gasteiger partial charge on any atom is 0.514 e. The molecular weight excluding hydrogens is 426 g/mol. The van der Waals surface area contributed by atoms with Gasteiger partial charge in [0.05, 0.1) is 18.5 Å². The maximum atomic E-state index is 12.9. The second-order valence-corrected chi connectivity index (χ2v) is 7.24. The Morgan fingerprint density at radius 3 is 2.70 bits per heavy atom. The first-order chi connectivity index (χ1) is 16.0. The summed E-state index contributed by atoms with van der Waals surface area (Å²) in [5.41, 5.74) is 1.69. The van der Waals surface area contributed by atoms with Crippen LogP contribution >= 0.6 is 0 Å². The van der Waals surface area contributed by atoms with Crippen LogP contribution in [-0.4, -0.2) is 33.5 Å². The number of aromatic hydroxyl groups is 1. The van der Waals surface area contributed by atoms with Gasteiger partial charge in [0.25, 0.3) is 0 Å². The number of benzene rings is 1. The molecule has 0 amide bonds. The fraction of sp³-hybridized carbons (Fsp3) is 0.250. The summed E-state index contributed by atoms with van der Waals surface area (Å²) in [5, 5.41) is 10.3. The van der Waals surface area contributed by atoms with E-state index in [0.717, 1.165) is 6.42 Å². The second-order valence-electron chi connectivity index (χ2n) is 7.24. The van der Waals surface area contributed by atoms with Crippen LogP contribution in [0.15, 0.2) is 64.3 Å². The quantitative estimate of drug-likeness (QED) is 0.518. The maximum absolute atomic E-state index is 12.9. The fourth-order valence-electron chi connectivity index (χ4n) is 3.51. The number of allylic oxidation sites excluding steroid dienone is 1. The van der Waals surface area contributed by atoms with Crippen molar-refractivity contribution in [1.82, 2.24) is 9.38 Å². The normalized spacial score (nSPS) is 13.2. The van der Waals surface area contributed by atoms with E-state index in [9.17, 15) is 14.7 Å². The van der Waals surface area contributed by atoms with Crippen molar-refractivity contribution in [3.63, 3.8) is 0 Å². The van der Waals surface area contributed by atoms with E-state index in [1.54, 1.807) is 43.5 Å². The Bertz CT molecular complexity index is 1310. The molecule has 0 radical (unpaired) electrons. The average Bonchev–Trinajstić information content (AvgIpc) is 2.76. The lowest BCUT2D eigenvalue weighted by Gasteiger charge is -2.24. The largest absolute Gasteiger partial charge is 0.514 e. The first-order valence-corrected chi connectivity index (χ1v) is 10.6. The van der Waals surface area contributed by atoms with Crippen molar-refractivity contribution in [2.24, 2.45) is 4.99 Å². The monoisotopic (exact) mass is 449 g/mol. The Kier molecular flexibility index (Phi) is 6.39. The molecule has 0 bridgehead atoms. The molecule has 1 unspecified atom stereocenters. The van der Waals surface area contributed by atoms with Crippen molar-refractivity contribution in [1.29, 1.82) is 0 Å². The van der Waals surface area contributed by atoms with E-state index < -0.39 is 17.8 Å². The van der Waals surface area contributed by atoms with E-state index >= 15 is 0 Å². The number of fused-ring (bicyclic) bond motifs is 1. The van der Waals surface area contributed by atoms with Gasteiger partial charge in [-0.3, -0.25) is 14.2 Å². The number of aliphatic imine (C=N–C) groups is 1. The average molecular weight is 449 g/mol. The topological polar surface area (TPSA) is 112 Å². The molecule has 1 aliphatic rings. The van der Waals surface area contributed by atoms with Gasteiger partial charge in [0.1, 0.15) is 17.1 Å². The molecule has 0 fully saturated rings.